The van der Waals surface area contributed by atoms with Gasteiger partial charge in [0.25, 0.3) is 0 Å². The summed E-state index contributed by atoms with van der Waals surface area (Å²) in [5, 5.41) is 6.04. The van der Waals surface area contributed by atoms with Gasteiger partial charge in [0.1, 0.15) is 11.0 Å². The van der Waals surface area contributed by atoms with E-state index >= 15 is 0 Å². The summed E-state index contributed by atoms with van der Waals surface area (Å²) in [7, 11) is 0. The van der Waals surface area contributed by atoms with Crippen LogP contribution < -0.4 is 10.6 Å². The molecule has 0 radical (unpaired) electrons. The molecule has 1 heteroatoms. The highest BCUT2D eigenvalue weighted by molar-refractivity contribution is 6.16. The van der Waals surface area contributed by atoms with Crippen LogP contribution in [-0.2, 0) is 0 Å². The molecule has 8 rings (SSSR count). The van der Waals surface area contributed by atoms with Crippen molar-refractivity contribution in [3.05, 3.63) is 137 Å². The Morgan fingerprint density at radius 3 is 2.08 bits per heavy atom. The molecule has 0 spiro atoms. The Kier molecular flexibility index (Phi) is 4.22. The Balaban J connectivity index is 1.55. The van der Waals surface area contributed by atoms with Gasteiger partial charge in [-0.3, -0.25) is 0 Å². The molecule has 0 N–H and O–H groups in total. The number of hydrogen-bond donors (Lipinski definition) is 0. The van der Waals surface area contributed by atoms with Gasteiger partial charge in [-0.05, 0) is 99.5 Å². The molecule has 39 heavy (non-hydrogen) atoms. The van der Waals surface area contributed by atoms with E-state index < -0.39 is 12.8 Å². The van der Waals surface area contributed by atoms with Crippen molar-refractivity contribution in [2.75, 3.05) is 0 Å². The largest absolute Gasteiger partial charge is 0.456 e. The highest BCUT2D eigenvalue weighted by Crippen LogP contribution is 2.43. The van der Waals surface area contributed by atoms with Crippen molar-refractivity contribution >= 4 is 49.2 Å². The zero-order valence-corrected chi connectivity index (χ0v) is 21.6. The summed E-state index contributed by atoms with van der Waals surface area (Å²) in [6, 6.07) is 23.9. The minimum absolute atomic E-state index is 0.135. The van der Waals surface area contributed by atoms with Gasteiger partial charge in [-0.15, -0.1) is 0 Å². The Bertz CT molecular complexity index is 2240. The van der Waals surface area contributed by atoms with Crippen LogP contribution in [0.3, 0.4) is 0 Å². The first-order valence-corrected chi connectivity index (χ1v) is 13.7. The van der Waals surface area contributed by atoms with Crippen molar-refractivity contribution < 1.29 is 11.3 Å². The van der Waals surface area contributed by atoms with Gasteiger partial charge in [-0.2, -0.15) is 0 Å². The van der Waals surface area contributed by atoms with E-state index in [0.29, 0.717) is 5.57 Å². The molecule has 0 bridgehead atoms. The number of rotatable bonds is 3. The summed E-state index contributed by atoms with van der Waals surface area (Å²) in [5.41, 5.74) is 7.85. The van der Waals surface area contributed by atoms with Gasteiger partial charge in [0.2, 0.25) is 0 Å². The minimum atomic E-state index is -1.21. The molecule has 0 amide bonds. The molecule has 4 aromatic carbocycles. The molecule has 5 aromatic rings. The number of furan rings is 1. The fraction of sp³-hybridized carbons (Fsp3) is 0.158. The van der Waals surface area contributed by atoms with Crippen LogP contribution in [0.1, 0.15) is 56.5 Å². The van der Waals surface area contributed by atoms with Crippen LogP contribution in [0.25, 0.3) is 49.2 Å². The molecule has 1 nitrogen and oxygen atoms in total. The quantitative estimate of drug-likeness (QED) is 0.222. The van der Waals surface area contributed by atoms with Crippen LogP contribution in [0.2, 0.25) is 0 Å². The molecular weight excluding hydrogens is 472 g/mol. The molecule has 3 aliphatic carbocycles. The lowest BCUT2D eigenvalue weighted by atomic mass is 9.80. The second-order valence-electron chi connectivity index (χ2n) is 10.4. The van der Waals surface area contributed by atoms with Crippen LogP contribution in [0.15, 0.2) is 119 Å². The number of benzene rings is 4. The molecule has 1 heterocycles. The van der Waals surface area contributed by atoms with E-state index in [2.05, 4.69) is 42.5 Å². The van der Waals surface area contributed by atoms with E-state index in [9.17, 15) is 0 Å². The average molecular weight is 508 g/mol. The molecular formula is C38H30O. The summed E-state index contributed by atoms with van der Waals surface area (Å²) in [6.07, 6.45) is 7.97. The Hall–Kier alpha value is -4.36. The lowest BCUT2D eigenvalue weighted by Gasteiger charge is -2.23. The molecule has 0 saturated carbocycles. The highest BCUT2D eigenvalue weighted by Gasteiger charge is 2.25. The molecule has 2 unspecified atom stereocenters. The van der Waals surface area contributed by atoms with E-state index in [4.69, 9.17) is 11.3 Å². The van der Waals surface area contributed by atoms with Crippen molar-refractivity contribution in [1.29, 1.82) is 0 Å². The van der Waals surface area contributed by atoms with E-state index in [0.717, 1.165) is 80.0 Å². The van der Waals surface area contributed by atoms with Crippen LogP contribution >= 0.6 is 0 Å². The third-order valence-electron chi connectivity index (χ3n) is 8.30. The van der Waals surface area contributed by atoms with Crippen molar-refractivity contribution in [1.82, 2.24) is 0 Å². The number of allylic oxidation sites excluding steroid dienone is 8. The van der Waals surface area contributed by atoms with Gasteiger partial charge in [0.15, 0.2) is 0 Å². The van der Waals surface area contributed by atoms with E-state index in [1.165, 1.54) is 16.7 Å². The van der Waals surface area contributed by atoms with Crippen LogP contribution in [0.4, 0.5) is 0 Å². The predicted molar refractivity (Wildman–Crippen MR) is 165 cm³/mol. The van der Waals surface area contributed by atoms with Crippen molar-refractivity contribution in [2.45, 2.75) is 38.5 Å². The van der Waals surface area contributed by atoms with E-state index in [1.807, 2.05) is 48.5 Å². The van der Waals surface area contributed by atoms with Crippen LogP contribution in [-0.4, -0.2) is 0 Å². The van der Waals surface area contributed by atoms with Gasteiger partial charge in [-0.1, -0.05) is 103 Å². The van der Waals surface area contributed by atoms with Gasteiger partial charge in [-0.25, -0.2) is 0 Å². The van der Waals surface area contributed by atoms with Gasteiger partial charge < -0.3 is 4.42 Å². The van der Waals surface area contributed by atoms with Gasteiger partial charge in [0, 0.05) is 13.3 Å². The topological polar surface area (TPSA) is 13.1 Å². The molecule has 0 fully saturated rings. The maximum atomic E-state index is 8.98. The van der Waals surface area contributed by atoms with E-state index in [1.54, 1.807) is 0 Å². The normalized spacial score (nSPS) is 23.5. The smallest absolute Gasteiger partial charge is 0.139 e. The maximum Gasteiger partial charge on any atom is 0.139 e. The standard InChI is InChI=1S/C38H30O/c1-3-13-25(14-4-1)27-23-24-33(37-32-21-11-12-22-34(32)39-38(27)37)36-30-19-9-7-17-28(30)35(26-15-5-2-6-16-26)29-18-8-10-20-31(29)36/h1-3,5,7-13,15,17-22H,4,6,14,16,23-24H2/i2D,5D,6D,15D,16D. The van der Waals surface area contributed by atoms with Crippen LogP contribution in [0.5, 0.6) is 0 Å². The molecule has 2 atom stereocenters. The third kappa shape index (κ3) is 3.53. The highest BCUT2D eigenvalue weighted by atomic mass is 16.3. The molecule has 0 aliphatic heterocycles. The summed E-state index contributed by atoms with van der Waals surface area (Å²) >= 11 is 0. The summed E-state index contributed by atoms with van der Waals surface area (Å²) in [6.45, 7) is 0. The zero-order valence-electron chi connectivity index (χ0n) is 26.6. The monoisotopic (exact) mass is 507 g/mol. The number of hydrogen-bond acceptors (Lipinski definition) is 1. The van der Waals surface area contributed by atoms with E-state index in [-0.39, 0.29) is 18.2 Å². The Morgan fingerprint density at radius 1 is 0.692 bits per heavy atom. The third-order valence-corrected chi connectivity index (χ3v) is 8.30. The second-order valence-corrected chi connectivity index (χ2v) is 10.4. The lowest BCUT2D eigenvalue weighted by molar-refractivity contribution is 0.566. The summed E-state index contributed by atoms with van der Waals surface area (Å²) < 4.78 is 49.8. The molecule has 1 aromatic heterocycles. The maximum absolute atomic E-state index is 8.98. The van der Waals surface area contributed by atoms with Crippen molar-refractivity contribution in [2.24, 2.45) is 0 Å². The van der Waals surface area contributed by atoms with Gasteiger partial charge >= 0.3 is 0 Å². The molecule has 188 valence electrons. The van der Waals surface area contributed by atoms with Crippen molar-refractivity contribution in [3.63, 3.8) is 0 Å². The SMILES string of the molecule is [2H]C1=C([2H])C([2H])C([2H])C(c2c3ccccc3c(C3=c4c(oc5ccccc45)=C(C4=CC=CCC4)CC3)c3ccccc23)=C1[2H]. The average Bonchev–Trinajstić information content (AvgIpc) is 3.46. The first-order chi connectivity index (χ1) is 21.5. The van der Waals surface area contributed by atoms with Crippen LogP contribution in [0, 0.1) is 0 Å². The first kappa shape index (κ1) is 18.0. The number of para-hydroxylation sites is 1. The predicted octanol–water partition coefficient (Wildman–Crippen LogP) is 8.89. The summed E-state index contributed by atoms with van der Waals surface area (Å²) in [4.78, 5) is 0. The number of fused-ring (bicyclic) bond motifs is 5. The summed E-state index contributed by atoms with van der Waals surface area (Å²) in [5.74, 6) is 0. The second kappa shape index (κ2) is 9.13. The zero-order chi connectivity index (χ0) is 30.1. The minimum Gasteiger partial charge on any atom is -0.456 e. The Labute approximate surface area is 235 Å². The fourth-order valence-electron chi connectivity index (χ4n) is 6.66. The van der Waals surface area contributed by atoms with Crippen molar-refractivity contribution in [3.8, 4) is 0 Å². The fourth-order valence-corrected chi connectivity index (χ4v) is 6.66. The lowest BCUT2D eigenvalue weighted by Crippen LogP contribution is -2.30. The Morgan fingerprint density at radius 2 is 1.36 bits per heavy atom. The van der Waals surface area contributed by atoms with Gasteiger partial charge in [0.05, 0.1) is 4.11 Å². The molecule has 3 aliphatic rings. The molecule has 0 saturated heterocycles. The first-order valence-electron chi connectivity index (χ1n) is 16.4.